The van der Waals surface area contributed by atoms with Gasteiger partial charge in [-0.05, 0) is 19.2 Å². The molecule has 2 fully saturated rings. The van der Waals surface area contributed by atoms with Crippen LogP contribution in [0.2, 0.25) is 0 Å². The van der Waals surface area contributed by atoms with E-state index in [1.54, 1.807) is 23.2 Å². The molecule has 0 radical (unpaired) electrons. The molecule has 0 bridgehead atoms. The van der Waals surface area contributed by atoms with Crippen molar-refractivity contribution in [1.29, 1.82) is 10.7 Å². The molecule has 0 aliphatic carbocycles. The highest BCUT2D eigenvalue weighted by molar-refractivity contribution is 5.88. The zero-order valence-corrected chi connectivity index (χ0v) is 22.5. The maximum Gasteiger partial charge on any atom is 0.390 e. The fraction of sp³-hybridized carbons (Fsp3) is 0.520. The zero-order chi connectivity index (χ0) is 29.6. The average Bonchev–Trinajstić information content (AvgIpc) is 3.32. The third-order valence-electron chi connectivity index (χ3n) is 7.04. The van der Waals surface area contributed by atoms with Crippen LogP contribution in [-0.2, 0) is 9.59 Å². The smallest absolute Gasteiger partial charge is 0.380 e. The molecule has 4 heterocycles. The van der Waals surface area contributed by atoms with Gasteiger partial charge in [-0.2, -0.15) is 23.4 Å². The maximum absolute atomic E-state index is 12.7. The lowest BCUT2D eigenvalue weighted by Crippen LogP contribution is -2.63. The lowest BCUT2D eigenvalue weighted by Gasteiger charge is -2.48. The van der Waals surface area contributed by atoms with E-state index in [2.05, 4.69) is 30.9 Å². The van der Waals surface area contributed by atoms with E-state index in [9.17, 15) is 28.0 Å². The van der Waals surface area contributed by atoms with Gasteiger partial charge in [0.05, 0.1) is 42.3 Å². The summed E-state index contributed by atoms with van der Waals surface area (Å²) < 4.78 is 39.0. The number of likely N-dealkylation sites (N-methyl/N-ethyl adjacent to an activating group) is 1. The number of pyridine rings is 1. The summed E-state index contributed by atoms with van der Waals surface area (Å²) in [5.74, 6) is -0.437. The summed E-state index contributed by atoms with van der Waals surface area (Å²) in [6.45, 7) is 2.77. The van der Waals surface area contributed by atoms with Crippen molar-refractivity contribution in [3.8, 4) is 6.07 Å². The molecule has 4 rings (SSSR count). The fourth-order valence-electron chi connectivity index (χ4n) is 4.70. The van der Waals surface area contributed by atoms with E-state index in [0.717, 1.165) is 19.3 Å². The van der Waals surface area contributed by atoms with Crippen molar-refractivity contribution < 1.29 is 22.8 Å². The minimum absolute atomic E-state index is 0.0368. The van der Waals surface area contributed by atoms with Gasteiger partial charge in [0.2, 0.25) is 17.8 Å². The van der Waals surface area contributed by atoms with Crippen molar-refractivity contribution in [2.45, 2.75) is 19.0 Å². The van der Waals surface area contributed by atoms with E-state index in [1.165, 1.54) is 10.7 Å². The number of amides is 2. The Morgan fingerprint density at radius 2 is 1.98 bits per heavy atom. The molecule has 0 unspecified atom stereocenters. The van der Waals surface area contributed by atoms with Crippen LogP contribution >= 0.6 is 0 Å². The molecule has 0 spiro atoms. The second-order valence-electron chi connectivity index (χ2n) is 10.1. The Bertz CT molecular complexity index is 1340. The zero-order valence-electron chi connectivity index (χ0n) is 22.5. The van der Waals surface area contributed by atoms with Gasteiger partial charge in [-0.25, -0.2) is 4.52 Å². The normalized spacial score (nSPS) is 17.5. The van der Waals surface area contributed by atoms with Crippen LogP contribution in [0.3, 0.4) is 0 Å². The van der Waals surface area contributed by atoms with Crippen LogP contribution in [0.4, 0.5) is 24.8 Å². The fourth-order valence-corrected chi connectivity index (χ4v) is 4.70. The predicted octanol–water partition coefficient (Wildman–Crippen LogP) is 0.784. The largest absolute Gasteiger partial charge is 0.390 e. The van der Waals surface area contributed by atoms with Gasteiger partial charge in [0.25, 0.3) is 0 Å². The lowest BCUT2D eigenvalue weighted by atomic mass is 9.76. The molecule has 0 aromatic carbocycles. The number of carbonyl (C=O) groups is 2. The number of alkyl halides is 3. The summed E-state index contributed by atoms with van der Waals surface area (Å²) in [5.41, 5.74) is 0.264. The molecule has 2 saturated heterocycles. The van der Waals surface area contributed by atoms with Crippen LogP contribution in [0.25, 0.3) is 5.65 Å². The van der Waals surface area contributed by atoms with Crippen molar-refractivity contribution in [3.63, 3.8) is 0 Å². The van der Waals surface area contributed by atoms with E-state index >= 15 is 0 Å². The molecule has 2 aromatic rings. The number of piperazine rings is 1. The quantitative estimate of drug-likeness (QED) is 0.284. The van der Waals surface area contributed by atoms with Crippen LogP contribution in [0.1, 0.15) is 12.8 Å². The van der Waals surface area contributed by atoms with Gasteiger partial charge < -0.3 is 36.1 Å². The molecule has 220 valence electrons. The Labute approximate surface area is 234 Å². The number of nitriles is 1. The average molecular weight is 576 g/mol. The summed E-state index contributed by atoms with van der Waals surface area (Å²) in [6, 6.07) is 5.47. The SMILES string of the molecule is CN1CCN(C(=O)CN/C=C(\C=N)Nc2nc3c(N4CC(CC#N)(C(=O)NCCC(F)(F)F)C4)cccn3n2)CC1. The Morgan fingerprint density at radius 1 is 1.24 bits per heavy atom. The van der Waals surface area contributed by atoms with Crippen molar-refractivity contribution in [1.82, 2.24) is 35.0 Å². The number of hydrogen-bond acceptors (Lipinski definition) is 10. The number of fused-ring (bicyclic) bond motifs is 1. The highest BCUT2D eigenvalue weighted by atomic mass is 19.4. The number of nitrogens with one attached hydrogen (secondary N) is 4. The third kappa shape index (κ3) is 7.23. The van der Waals surface area contributed by atoms with Crippen molar-refractivity contribution >= 4 is 35.3 Å². The van der Waals surface area contributed by atoms with E-state index in [0.29, 0.717) is 30.1 Å². The molecule has 13 nitrogen and oxygen atoms in total. The maximum atomic E-state index is 12.7. The number of hydrogen-bond donors (Lipinski definition) is 4. The first-order valence-electron chi connectivity index (χ1n) is 13.0. The molecular formula is C25H32F3N11O2. The van der Waals surface area contributed by atoms with Crippen LogP contribution in [0.15, 0.2) is 30.2 Å². The van der Waals surface area contributed by atoms with E-state index in [1.807, 2.05) is 18.0 Å². The number of allylic oxidation sites excluding steroid dienone is 1. The summed E-state index contributed by atoms with van der Waals surface area (Å²) in [4.78, 5) is 35.4. The van der Waals surface area contributed by atoms with Gasteiger partial charge in [0, 0.05) is 64.4 Å². The first kappa shape index (κ1) is 29.6. The van der Waals surface area contributed by atoms with Gasteiger partial charge in [0.15, 0.2) is 5.65 Å². The van der Waals surface area contributed by atoms with Gasteiger partial charge in [-0.15, -0.1) is 5.10 Å². The minimum atomic E-state index is -4.39. The van der Waals surface area contributed by atoms with Crippen molar-refractivity contribution in [2.75, 3.05) is 69.6 Å². The number of aromatic nitrogens is 3. The summed E-state index contributed by atoms with van der Waals surface area (Å²) in [7, 11) is 2.01. The highest BCUT2D eigenvalue weighted by Gasteiger charge is 2.50. The minimum Gasteiger partial charge on any atom is -0.380 e. The summed E-state index contributed by atoms with van der Waals surface area (Å²) in [6.07, 6.45) is -1.44. The Morgan fingerprint density at radius 3 is 2.63 bits per heavy atom. The van der Waals surface area contributed by atoms with Crippen LogP contribution in [-0.4, -0.2) is 108 Å². The first-order valence-corrected chi connectivity index (χ1v) is 13.0. The number of halogens is 3. The Balaban J connectivity index is 1.38. The monoisotopic (exact) mass is 575 g/mol. The highest BCUT2D eigenvalue weighted by Crippen LogP contribution is 2.39. The molecule has 2 amide bonds. The van der Waals surface area contributed by atoms with E-state index in [-0.39, 0.29) is 37.9 Å². The number of rotatable bonds is 11. The third-order valence-corrected chi connectivity index (χ3v) is 7.04. The predicted molar refractivity (Wildman–Crippen MR) is 144 cm³/mol. The number of carbonyl (C=O) groups excluding carboxylic acids is 2. The molecule has 2 aliphatic rings. The second-order valence-corrected chi connectivity index (χ2v) is 10.1. The summed E-state index contributed by atoms with van der Waals surface area (Å²) in [5, 5.41) is 29.5. The van der Waals surface area contributed by atoms with Crippen molar-refractivity contribution in [3.05, 3.63) is 30.2 Å². The van der Waals surface area contributed by atoms with E-state index < -0.39 is 30.5 Å². The molecule has 2 aromatic heterocycles. The molecule has 0 atom stereocenters. The second kappa shape index (κ2) is 12.4. The van der Waals surface area contributed by atoms with Crippen molar-refractivity contribution in [2.24, 2.45) is 5.41 Å². The standard InChI is InChI=1S/C25H32F3N11O2/c1-36-9-11-37(12-10-36)20(40)15-31-14-18(13-30)33-23-34-21-19(3-2-8-39(21)35-23)38-16-24(17-38,4-6-29)22(41)32-7-5-25(26,27)28/h2-3,8,13-14,30-31H,4-5,7,9-12,15-17H2,1H3,(H,32,41)(H,33,35)/b18-14+,30-13?. The molecular weight excluding hydrogens is 543 g/mol. The Kier molecular flexibility index (Phi) is 8.96. The molecule has 0 saturated carbocycles. The van der Waals surface area contributed by atoms with Gasteiger partial charge in [-0.1, -0.05) is 0 Å². The van der Waals surface area contributed by atoms with Crippen LogP contribution < -0.4 is 20.9 Å². The number of anilines is 2. The van der Waals surface area contributed by atoms with E-state index in [4.69, 9.17) is 5.41 Å². The molecule has 16 heteroatoms. The van der Waals surface area contributed by atoms with Crippen LogP contribution in [0.5, 0.6) is 0 Å². The lowest BCUT2D eigenvalue weighted by molar-refractivity contribution is -0.139. The molecule has 41 heavy (non-hydrogen) atoms. The first-order chi connectivity index (χ1) is 19.5. The van der Waals surface area contributed by atoms with Crippen LogP contribution in [0, 0.1) is 22.2 Å². The van der Waals surface area contributed by atoms with Gasteiger partial charge >= 0.3 is 6.18 Å². The number of nitrogens with zero attached hydrogens (tertiary/aromatic N) is 7. The molecule has 4 N–H and O–H groups in total. The van der Waals surface area contributed by atoms with Gasteiger partial charge in [-0.3, -0.25) is 9.59 Å². The van der Waals surface area contributed by atoms with Gasteiger partial charge in [0.1, 0.15) is 0 Å². The summed E-state index contributed by atoms with van der Waals surface area (Å²) >= 11 is 0. The molecule has 2 aliphatic heterocycles. The Hall–Kier alpha value is -4.39. The topological polar surface area (TPSA) is 158 Å².